The van der Waals surface area contributed by atoms with Gasteiger partial charge in [0.2, 0.25) is 5.12 Å². The molecule has 0 aromatic heterocycles. The van der Waals surface area contributed by atoms with E-state index < -0.39 is 18.3 Å². The highest BCUT2D eigenvalue weighted by Gasteiger charge is 2.33. The van der Waals surface area contributed by atoms with Gasteiger partial charge in [-0.2, -0.15) is 0 Å². The number of unbranched alkanes of at least 4 members (excludes halogenated alkanes) is 2. The number of benzene rings is 2. The third-order valence-corrected chi connectivity index (χ3v) is 12.9. The maximum absolute atomic E-state index is 13.1. The van der Waals surface area contributed by atoms with Crippen molar-refractivity contribution >= 4 is 34.0 Å². The van der Waals surface area contributed by atoms with E-state index in [9.17, 15) is 19.8 Å². The summed E-state index contributed by atoms with van der Waals surface area (Å²) in [7, 11) is 0. The fourth-order valence-electron chi connectivity index (χ4n) is 7.93. The van der Waals surface area contributed by atoms with Crippen molar-refractivity contribution in [3.8, 4) is 11.5 Å². The van der Waals surface area contributed by atoms with Crippen molar-refractivity contribution < 1.29 is 53.7 Å². The summed E-state index contributed by atoms with van der Waals surface area (Å²) in [4.78, 5) is 25.7. The molecule has 2 aliphatic heterocycles. The minimum Gasteiger partial charge on any atom is -0.494 e. The van der Waals surface area contributed by atoms with E-state index in [4.69, 9.17) is 33.9 Å². The first kappa shape index (κ1) is 53.8. The van der Waals surface area contributed by atoms with Gasteiger partial charge in [-0.3, -0.25) is 4.79 Å². The Labute approximate surface area is 407 Å². The van der Waals surface area contributed by atoms with Crippen LogP contribution in [0.15, 0.2) is 127 Å². The highest BCUT2D eigenvalue weighted by molar-refractivity contribution is 8.15. The molecule has 6 unspecified atom stereocenters. The summed E-state index contributed by atoms with van der Waals surface area (Å²) in [5.74, 6) is 2.48. The van der Waals surface area contributed by atoms with E-state index in [1.165, 1.54) is 11.8 Å². The van der Waals surface area contributed by atoms with Crippen molar-refractivity contribution in [2.45, 2.75) is 115 Å². The topological polar surface area (TPSA) is 161 Å². The quantitative estimate of drug-likeness (QED) is 0.0382. The van der Waals surface area contributed by atoms with Crippen molar-refractivity contribution in [2.24, 2.45) is 11.8 Å². The fourth-order valence-corrected chi connectivity index (χ4v) is 9.01. The minimum absolute atomic E-state index is 0.0111. The number of esters is 1. The largest absolute Gasteiger partial charge is 0.494 e. The van der Waals surface area contributed by atoms with Gasteiger partial charge in [-0.05, 0) is 143 Å². The second kappa shape index (κ2) is 28.4. The van der Waals surface area contributed by atoms with E-state index in [-0.39, 0.29) is 54.6 Å². The molecule has 0 amide bonds. The number of rotatable bonds is 27. The van der Waals surface area contributed by atoms with Gasteiger partial charge in [-0.25, -0.2) is 4.79 Å². The molecule has 0 saturated heterocycles. The molecule has 0 fully saturated rings. The van der Waals surface area contributed by atoms with Gasteiger partial charge in [0.05, 0.1) is 31.0 Å². The first-order valence-electron chi connectivity index (χ1n) is 24.1. The van der Waals surface area contributed by atoms with Gasteiger partial charge in [0, 0.05) is 42.3 Å². The highest BCUT2D eigenvalue weighted by Crippen LogP contribution is 2.41. The summed E-state index contributed by atoms with van der Waals surface area (Å²) < 4.78 is 28.6. The second-order valence-electron chi connectivity index (χ2n) is 17.8. The minimum atomic E-state index is -0.542. The molecule has 68 heavy (non-hydrogen) atoms. The lowest BCUT2D eigenvalue weighted by Gasteiger charge is -2.29. The molecule has 2 heterocycles. The van der Waals surface area contributed by atoms with Crippen LogP contribution in [0.4, 0.5) is 0 Å². The lowest BCUT2D eigenvalue weighted by Crippen LogP contribution is -2.30. The van der Waals surface area contributed by atoms with Crippen LogP contribution in [-0.2, 0) is 30.2 Å². The molecular formula is C56H72O11S. The Morgan fingerprint density at radius 2 is 1.28 bits per heavy atom. The number of fused-ring (bicyclic) bond motifs is 2. The average Bonchev–Trinajstić information content (AvgIpc) is 3.32. The van der Waals surface area contributed by atoms with Crippen molar-refractivity contribution in [1.29, 1.82) is 0 Å². The summed E-state index contributed by atoms with van der Waals surface area (Å²) >= 11 is 1.32. The molecule has 4 aliphatic rings. The van der Waals surface area contributed by atoms with E-state index in [1.54, 1.807) is 6.08 Å². The van der Waals surface area contributed by atoms with Crippen LogP contribution < -0.4 is 9.47 Å². The summed E-state index contributed by atoms with van der Waals surface area (Å²) in [5, 5.41) is 38.1. The highest BCUT2D eigenvalue weighted by atomic mass is 32.2. The molecule has 0 radical (unpaired) electrons. The number of aliphatic hydroxyl groups excluding tert-OH is 4. The number of carbonyl (C=O) groups is 2. The first-order chi connectivity index (χ1) is 32.9. The van der Waals surface area contributed by atoms with Crippen LogP contribution in [-0.4, -0.2) is 94.7 Å². The Morgan fingerprint density at radius 1 is 0.691 bits per heavy atom. The van der Waals surface area contributed by atoms with Crippen LogP contribution in [0.3, 0.4) is 0 Å². The normalized spacial score (nSPS) is 20.2. The molecule has 2 aromatic rings. The molecule has 4 N–H and O–H groups in total. The monoisotopic (exact) mass is 952 g/mol. The maximum atomic E-state index is 13.1. The Hall–Kier alpha value is -5.11. The van der Waals surface area contributed by atoms with Crippen molar-refractivity contribution in [2.75, 3.05) is 39.6 Å². The van der Waals surface area contributed by atoms with Crippen LogP contribution >= 0.6 is 11.8 Å². The molecule has 6 rings (SSSR count). The molecule has 12 heteroatoms. The summed E-state index contributed by atoms with van der Waals surface area (Å²) in [6.07, 6.45) is 23.0. The molecule has 0 spiro atoms. The molecule has 368 valence electrons. The second-order valence-corrected chi connectivity index (χ2v) is 18.9. The third-order valence-electron chi connectivity index (χ3n) is 11.7. The Kier molecular flexibility index (Phi) is 22.5. The average molecular weight is 953 g/mol. The third kappa shape index (κ3) is 17.4. The fraction of sp³-hybridized carbons (Fsp3) is 0.464. The summed E-state index contributed by atoms with van der Waals surface area (Å²) in [6.45, 7) is 15.6. The Balaban J connectivity index is 0.000000254. The van der Waals surface area contributed by atoms with Gasteiger partial charge in [-0.1, -0.05) is 72.3 Å². The Bertz CT molecular complexity index is 2180. The lowest BCUT2D eigenvalue weighted by molar-refractivity contribution is -0.141. The van der Waals surface area contributed by atoms with Crippen molar-refractivity contribution in [3.05, 3.63) is 144 Å². The van der Waals surface area contributed by atoms with Crippen molar-refractivity contribution in [3.63, 3.8) is 0 Å². The zero-order valence-corrected chi connectivity index (χ0v) is 40.9. The SMILES string of the molecule is C=C(C)CCCC(O)COC1=CC2OC(=O)C(c3ccc(OCCCCCO)cc3)=CC2C=C1.C=C(C)CCCC(O)COC1=CC2SC(=O)C(c3ccc(OCCCO)cc3CC)=CC2C=C1. The van der Waals surface area contributed by atoms with Crippen molar-refractivity contribution in [1.82, 2.24) is 0 Å². The van der Waals surface area contributed by atoms with Gasteiger partial charge >= 0.3 is 5.97 Å². The zero-order valence-electron chi connectivity index (χ0n) is 40.1. The number of carbonyl (C=O) groups excluding carboxylic acids is 2. The zero-order chi connectivity index (χ0) is 48.8. The number of allylic oxidation sites excluding steroid dienone is 6. The smallest absolute Gasteiger partial charge is 0.339 e. The van der Waals surface area contributed by atoms with E-state index in [2.05, 4.69) is 32.2 Å². The summed E-state index contributed by atoms with van der Waals surface area (Å²) in [6, 6.07) is 13.3. The number of thioether (sulfide) groups is 1. The van der Waals surface area contributed by atoms with Gasteiger partial charge < -0.3 is 44.1 Å². The number of aliphatic hydroxyl groups is 4. The number of ether oxygens (including phenoxy) is 5. The molecule has 2 aromatic carbocycles. The van der Waals surface area contributed by atoms with Crippen LogP contribution in [0, 0.1) is 11.8 Å². The van der Waals surface area contributed by atoms with Gasteiger partial charge in [0.15, 0.2) is 0 Å². The molecule has 0 bridgehead atoms. The van der Waals surface area contributed by atoms with Gasteiger partial charge in [0.1, 0.15) is 42.3 Å². The number of hydrogen-bond acceptors (Lipinski definition) is 12. The van der Waals surface area contributed by atoms with E-state index in [1.807, 2.05) is 86.7 Å². The van der Waals surface area contributed by atoms with Crippen LogP contribution in [0.25, 0.3) is 11.1 Å². The lowest BCUT2D eigenvalue weighted by atomic mass is 9.90. The van der Waals surface area contributed by atoms with Crippen LogP contribution in [0.2, 0.25) is 0 Å². The first-order valence-corrected chi connectivity index (χ1v) is 25.0. The predicted molar refractivity (Wildman–Crippen MR) is 271 cm³/mol. The molecule has 0 saturated carbocycles. The van der Waals surface area contributed by atoms with E-state index >= 15 is 0 Å². The molecular weight excluding hydrogens is 881 g/mol. The van der Waals surface area contributed by atoms with E-state index in [0.29, 0.717) is 49.6 Å². The maximum Gasteiger partial charge on any atom is 0.339 e. The predicted octanol–water partition coefficient (Wildman–Crippen LogP) is 9.96. The van der Waals surface area contributed by atoms with Crippen LogP contribution in [0.5, 0.6) is 11.5 Å². The molecule has 11 nitrogen and oxygen atoms in total. The Morgan fingerprint density at radius 3 is 1.91 bits per heavy atom. The number of aryl methyl sites for hydroxylation is 1. The molecule has 6 atom stereocenters. The molecule has 2 aliphatic carbocycles. The standard InChI is InChI=1S/C28H36O6.C28H36O5S/c1-20(2)7-6-8-23(30)19-33-25-14-11-22-17-26(28(31)34-27(22)18-25)21-9-12-24(13-10-21)32-16-5-3-4-15-29;1-4-20-15-23(32-14-6-13-29)11-12-25(20)26-16-21-9-10-24(17-27(21)34-28(26)31)33-18-22(30)8-5-7-19(2)3/h9-14,17-18,22-23,27,29-30H,1,3-8,15-16,19H2,2H3;9-12,15-17,21-22,27,29-30H,2,4-8,13-14,18H2,1,3H3. The van der Waals surface area contributed by atoms with Gasteiger partial charge in [-0.15, -0.1) is 13.2 Å². The number of hydrogen-bond donors (Lipinski definition) is 4. The summed E-state index contributed by atoms with van der Waals surface area (Å²) in [5.41, 5.74) is 6.31. The van der Waals surface area contributed by atoms with Gasteiger partial charge in [0.25, 0.3) is 0 Å². The van der Waals surface area contributed by atoms with E-state index in [0.717, 1.165) is 96.3 Å². The van der Waals surface area contributed by atoms with Crippen LogP contribution in [0.1, 0.15) is 102 Å².